The van der Waals surface area contributed by atoms with E-state index in [0.717, 1.165) is 63.7 Å². The van der Waals surface area contributed by atoms with E-state index in [0.29, 0.717) is 6.54 Å². The second kappa shape index (κ2) is 11.2. The van der Waals surface area contributed by atoms with Crippen LogP contribution in [0.1, 0.15) is 56.1 Å². The van der Waals surface area contributed by atoms with Gasteiger partial charge in [-0.1, -0.05) is 43.5 Å². The topological polar surface area (TPSA) is 78.6 Å². The van der Waals surface area contributed by atoms with E-state index in [4.69, 9.17) is 5.73 Å². The Labute approximate surface area is 174 Å². The van der Waals surface area contributed by atoms with Crippen LogP contribution < -0.4 is 11.1 Å². The van der Waals surface area contributed by atoms with E-state index < -0.39 is 5.54 Å². The van der Waals surface area contributed by atoms with Gasteiger partial charge in [0.15, 0.2) is 0 Å². The van der Waals surface area contributed by atoms with Gasteiger partial charge in [0.25, 0.3) is 0 Å². The molecule has 1 aliphatic heterocycles. The van der Waals surface area contributed by atoms with Crippen LogP contribution in [0.2, 0.25) is 0 Å². The summed E-state index contributed by atoms with van der Waals surface area (Å²) in [6.45, 7) is 3.25. The van der Waals surface area contributed by atoms with Crippen LogP contribution in [0, 0.1) is 0 Å². The molecular formula is C20H33Cl2N3O2. The van der Waals surface area contributed by atoms with Gasteiger partial charge in [-0.15, -0.1) is 24.8 Å². The molecule has 1 saturated heterocycles. The molecule has 0 aromatic heterocycles. The third kappa shape index (κ3) is 6.61. The highest BCUT2D eigenvalue weighted by atomic mass is 35.5. The van der Waals surface area contributed by atoms with Crippen molar-refractivity contribution in [1.82, 2.24) is 10.2 Å². The summed E-state index contributed by atoms with van der Waals surface area (Å²) >= 11 is 0. The molecule has 1 aromatic carbocycles. The fraction of sp³-hybridized carbons (Fsp3) is 0.650. The standard InChI is InChI=1S/C20H31N3O2.2ClH/c21-20(10-4-1-5-11-20)19(25)22-14-16-6-2-3-7-17(16)15-23-12-8-18(24)9-13-23;;/h2-3,6-7,18,24H,1,4-5,8-15,21H2,(H,22,25);2*1H. The molecule has 5 nitrogen and oxygen atoms in total. The zero-order chi connectivity index (χ0) is 17.7. The Morgan fingerprint density at radius 2 is 1.70 bits per heavy atom. The molecule has 0 unspecified atom stereocenters. The normalized spacial score (nSPS) is 20.2. The molecule has 154 valence electrons. The smallest absolute Gasteiger partial charge is 0.240 e. The van der Waals surface area contributed by atoms with Crippen molar-refractivity contribution in [2.45, 2.75) is 69.7 Å². The lowest BCUT2D eigenvalue weighted by Gasteiger charge is -2.32. The average Bonchev–Trinajstić information content (AvgIpc) is 2.63. The van der Waals surface area contributed by atoms with Crippen molar-refractivity contribution in [2.75, 3.05) is 13.1 Å². The number of nitrogens with two attached hydrogens (primary N) is 1. The number of halogens is 2. The summed E-state index contributed by atoms with van der Waals surface area (Å²) in [6.07, 6.45) is 6.38. The van der Waals surface area contributed by atoms with Gasteiger partial charge in [-0.3, -0.25) is 9.69 Å². The van der Waals surface area contributed by atoms with Crippen LogP contribution in [0.3, 0.4) is 0 Å². The highest BCUT2D eigenvalue weighted by molar-refractivity contribution is 5.86. The Balaban J connectivity index is 0.00000182. The Hall–Kier alpha value is -0.850. The SMILES string of the molecule is Cl.Cl.NC1(C(=O)NCc2ccccc2CN2CCC(O)CC2)CCCCC1. The van der Waals surface area contributed by atoms with Gasteiger partial charge in [0.05, 0.1) is 11.6 Å². The van der Waals surface area contributed by atoms with Crippen molar-refractivity contribution in [2.24, 2.45) is 5.73 Å². The predicted octanol–water partition coefficient (Wildman–Crippen LogP) is 2.76. The maximum atomic E-state index is 12.6. The average molecular weight is 418 g/mol. The van der Waals surface area contributed by atoms with Crippen LogP contribution in [0.5, 0.6) is 0 Å². The number of aliphatic hydroxyl groups excluding tert-OH is 1. The quantitative estimate of drug-likeness (QED) is 0.687. The molecule has 0 spiro atoms. The van der Waals surface area contributed by atoms with Gasteiger partial charge in [-0.25, -0.2) is 0 Å². The van der Waals surface area contributed by atoms with Gasteiger partial charge in [0.2, 0.25) is 5.91 Å². The lowest BCUT2D eigenvalue weighted by atomic mass is 9.82. The van der Waals surface area contributed by atoms with Gasteiger partial charge in [0.1, 0.15) is 0 Å². The summed E-state index contributed by atoms with van der Waals surface area (Å²) in [6, 6.07) is 8.28. The van der Waals surface area contributed by atoms with Crippen molar-refractivity contribution in [3.63, 3.8) is 0 Å². The van der Waals surface area contributed by atoms with E-state index >= 15 is 0 Å². The molecule has 27 heavy (non-hydrogen) atoms. The number of carbonyl (C=O) groups excluding carboxylic acids is 1. The monoisotopic (exact) mass is 417 g/mol. The minimum atomic E-state index is -0.684. The van der Waals surface area contributed by atoms with Crippen molar-refractivity contribution in [3.8, 4) is 0 Å². The number of benzene rings is 1. The molecule has 0 atom stereocenters. The maximum Gasteiger partial charge on any atom is 0.240 e. The minimum Gasteiger partial charge on any atom is -0.393 e. The molecule has 7 heteroatoms. The Morgan fingerprint density at radius 1 is 1.11 bits per heavy atom. The molecule has 1 aliphatic carbocycles. The second-order valence-electron chi connectivity index (χ2n) is 7.68. The minimum absolute atomic E-state index is 0. The number of amides is 1. The van der Waals surface area contributed by atoms with E-state index in [-0.39, 0.29) is 36.8 Å². The second-order valence-corrected chi connectivity index (χ2v) is 7.68. The number of rotatable bonds is 5. The fourth-order valence-corrected chi connectivity index (χ4v) is 3.96. The molecule has 1 aromatic rings. The maximum absolute atomic E-state index is 12.6. The summed E-state index contributed by atoms with van der Waals surface area (Å²) < 4.78 is 0. The fourth-order valence-electron chi connectivity index (χ4n) is 3.96. The molecule has 1 heterocycles. The molecule has 1 amide bonds. The van der Waals surface area contributed by atoms with Crippen LogP contribution in [0.4, 0.5) is 0 Å². The van der Waals surface area contributed by atoms with E-state index in [9.17, 15) is 9.90 Å². The number of nitrogens with zero attached hydrogens (tertiary/aromatic N) is 1. The van der Waals surface area contributed by atoms with Crippen molar-refractivity contribution < 1.29 is 9.90 Å². The number of carbonyl (C=O) groups is 1. The third-order valence-electron chi connectivity index (χ3n) is 5.71. The summed E-state index contributed by atoms with van der Waals surface area (Å²) in [7, 11) is 0. The van der Waals surface area contributed by atoms with Gasteiger partial charge in [-0.2, -0.15) is 0 Å². The third-order valence-corrected chi connectivity index (χ3v) is 5.71. The molecular weight excluding hydrogens is 385 g/mol. The number of aliphatic hydroxyl groups is 1. The van der Waals surface area contributed by atoms with Gasteiger partial charge in [-0.05, 0) is 36.8 Å². The molecule has 0 bridgehead atoms. The predicted molar refractivity (Wildman–Crippen MR) is 113 cm³/mol. The molecule has 0 radical (unpaired) electrons. The number of nitrogens with one attached hydrogen (secondary N) is 1. The van der Waals surface area contributed by atoms with Crippen LogP contribution >= 0.6 is 24.8 Å². The highest BCUT2D eigenvalue weighted by Gasteiger charge is 2.35. The lowest BCUT2D eigenvalue weighted by Crippen LogP contribution is -2.54. The van der Waals surface area contributed by atoms with E-state index in [2.05, 4.69) is 22.3 Å². The van der Waals surface area contributed by atoms with Gasteiger partial charge in [0, 0.05) is 26.2 Å². The first-order valence-corrected chi connectivity index (χ1v) is 9.61. The zero-order valence-electron chi connectivity index (χ0n) is 15.9. The number of piperidine rings is 1. The largest absolute Gasteiger partial charge is 0.393 e. The Bertz CT molecular complexity index is 586. The summed E-state index contributed by atoms with van der Waals surface area (Å²) in [5, 5.41) is 12.7. The Kier molecular flexibility index (Phi) is 10.1. The summed E-state index contributed by atoms with van der Waals surface area (Å²) in [4.78, 5) is 14.9. The van der Waals surface area contributed by atoms with Crippen molar-refractivity contribution >= 4 is 30.7 Å². The first kappa shape index (κ1) is 24.2. The number of hydrogen-bond acceptors (Lipinski definition) is 4. The molecule has 2 fully saturated rings. The van der Waals surface area contributed by atoms with Crippen molar-refractivity contribution in [1.29, 1.82) is 0 Å². The molecule has 3 rings (SSSR count). The first-order valence-electron chi connectivity index (χ1n) is 9.61. The molecule has 4 N–H and O–H groups in total. The Morgan fingerprint density at radius 3 is 2.33 bits per heavy atom. The molecule has 2 aliphatic rings. The zero-order valence-corrected chi connectivity index (χ0v) is 17.5. The van der Waals surface area contributed by atoms with E-state index in [1.807, 2.05) is 12.1 Å². The van der Waals surface area contributed by atoms with Gasteiger partial charge < -0.3 is 16.2 Å². The van der Waals surface area contributed by atoms with Gasteiger partial charge >= 0.3 is 0 Å². The van der Waals surface area contributed by atoms with Crippen molar-refractivity contribution in [3.05, 3.63) is 35.4 Å². The van der Waals surface area contributed by atoms with E-state index in [1.54, 1.807) is 0 Å². The summed E-state index contributed by atoms with van der Waals surface area (Å²) in [5.41, 5.74) is 8.04. The number of likely N-dealkylation sites (tertiary alicyclic amines) is 1. The number of hydrogen-bond donors (Lipinski definition) is 3. The van der Waals surface area contributed by atoms with Crippen LogP contribution in [-0.2, 0) is 17.9 Å². The van der Waals surface area contributed by atoms with Crippen LogP contribution in [0.15, 0.2) is 24.3 Å². The highest BCUT2D eigenvalue weighted by Crippen LogP contribution is 2.26. The lowest BCUT2D eigenvalue weighted by molar-refractivity contribution is -0.127. The summed E-state index contributed by atoms with van der Waals surface area (Å²) in [5.74, 6) is -0.0110. The van der Waals surface area contributed by atoms with Crippen LogP contribution in [0.25, 0.3) is 0 Å². The van der Waals surface area contributed by atoms with E-state index in [1.165, 1.54) is 12.0 Å². The first-order chi connectivity index (χ1) is 12.1. The van der Waals surface area contributed by atoms with Crippen LogP contribution in [-0.4, -0.2) is 40.6 Å². The molecule has 1 saturated carbocycles.